The number of H-pyrrole nitrogens is 2. The van der Waals surface area contributed by atoms with E-state index in [4.69, 9.17) is 4.98 Å². The number of fused-ring (bicyclic) bond motifs is 2. The molecule has 0 bridgehead atoms. The van der Waals surface area contributed by atoms with E-state index in [1.807, 2.05) is 30.3 Å². The largest absolute Gasteiger partial charge is 0.335 e. The van der Waals surface area contributed by atoms with E-state index < -0.39 is 0 Å². The third kappa shape index (κ3) is 3.78. The third-order valence-electron chi connectivity index (χ3n) is 5.70. The molecular weight excluding hydrogens is 456 g/mol. The van der Waals surface area contributed by atoms with Crippen molar-refractivity contribution in [2.24, 2.45) is 0 Å². The summed E-state index contributed by atoms with van der Waals surface area (Å²) in [6, 6.07) is 9.32. The number of nitrogens with one attached hydrogen (secondary N) is 3. The first-order valence-corrected chi connectivity index (χ1v) is 11.1. The van der Waals surface area contributed by atoms with E-state index in [0.717, 1.165) is 38.8 Å². The molecule has 6 aromatic rings. The van der Waals surface area contributed by atoms with Gasteiger partial charge in [0.15, 0.2) is 11.5 Å². The number of nitrogens with zero attached hydrogens (tertiary/aromatic N) is 7. The van der Waals surface area contributed by atoms with Gasteiger partial charge in [-0.25, -0.2) is 14.8 Å². The van der Waals surface area contributed by atoms with Crippen LogP contribution in [0, 0.1) is 0 Å². The fourth-order valence-corrected chi connectivity index (χ4v) is 3.90. The molecule has 176 valence electrons. The Balaban J connectivity index is 1.41. The maximum Gasteiger partial charge on any atom is 0.321 e. The first kappa shape index (κ1) is 21.4. The summed E-state index contributed by atoms with van der Waals surface area (Å²) >= 11 is 0. The van der Waals surface area contributed by atoms with Crippen LogP contribution in [0.3, 0.4) is 0 Å². The summed E-state index contributed by atoms with van der Waals surface area (Å²) in [5.74, 6) is 0.588. The van der Waals surface area contributed by atoms with Crippen molar-refractivity contribution >= 4 is 33.8 Å². The molecule has 11 nitrogen and oxygen atoms in total. The number of carbonyl (C=O) groups excluding carboxylic acids is 1. The smallest absolute Gasteiger partial charge is 0.321 e. The lowest BCUT2D eigenvalue weighted by Crippen LogP contribution is -2.27. The van der Waals surface area contributed by atoms with Crippen molar-refractivity contribution in [1.82, 2.24) is 45.0 Å². The minimum absolute atomic E-state index is 0.232. The molecule has 0 aliphatic heterocycles. The molecule has 6 rings (SSSR count). The Morgan fingerprint density at radius 2 is 1.83 bits per heavy atom. The van der Waals surface area contributed by atoms with Gasteiger partial charge in [-0.05, 0) is 24.3 Å². The lowest BCUT2D eigenvalue weighted by molar-refractivity contribution is 0.230. The van der Waals surface area contributed by atoms with Crippen LogP contribution in [0.2, 0.25) is 0 Å². The standard InChI is InChI=1S/C25H20N10O/c1-35(2)25(36)30-16-7-14(9-26-11-16)15-8-17-22(33-34-23(17)29-10-15)24-31-20-13-27-12-18(21(20)32-24)19-5-3-4-6-28-19/h3-13H,1-2H3,(H,30,36)(H,31,32)(H,29,33,34). The zero-order chi connectivity index (χ0) is 24.6. The summed E-state index contributed by atoms with van der Waals surface area (Å²) in [7, 11) is 3.36. The van der Waals surface area contributed by atoms with Crippen LogP contribution in [0.4, 0.5) is 10.5 Å². The van der Waals surface area contributed by atoms with Gasteiger partial charge in [-0.1, -0.05) is 6.07 Å². The number of carbonyl (C=O) groups is 1. The summed E-state index contributed by atoms with van der Waals surface area (Å²) in [5.41, 5.74) is 6.63. The van der Waals surface area contributed by atoms with Crippen molar-refractivity contribution in [3.63, 3.8) is 0 Å². The van der Waals surface area contributed by atoms with E-state index in [-0.39, 0.29) is 6.03 Å². The molecular formula is C25H20N10O. The Kier molecular flexibility index (Phi) is 5.07. The fourth-order valence-electron chi connectivity index (χ4n) is 3.90. The molecule has 0 saturated heterocycles. The second-order valence-corrected chi connectivity index (χ2v) is 8.36. The van der Waals surface area contributed by atoms with Crippen molar-refractivity contribution in [2.75, 3.05) is 19.4 Å². The molecule has 0 atom stereocenters. The maximum atomic E-state index is 12.0. The SMILES string of the molecule is CN(C)C(=O)Nc1cncc(-c2cnc3[nH]nc(-c4nc5c(-c6ccccn6)cncc5[nH]4)c3c2)c1. The number of pyridine rings is 4. The number of anilines is 1. The first-order chi connectivity index (χ1) is 17.6. The van der Waals surface area contributed by atoms with Crippen LogP contribution >= 0.6 is 0 Å². The van der Waals surface area contributed by atoms with Crippen molar-refractivity contribution in [3.05, 3.63) is 67.5 Å². The highest BCUT2D eigenvalue weighted by Gasteiger charge is 2.17. The van der Waals surface area contributed by atoms with Gasteiger partial charge in [0, 0.05) is 55.6 Å². The number of hydrogen-bond donors (Lipinski definition) is 3. The van der Waals surface area contributed by atoms with Crippen molar-refractivity contribution in [2.45, 2.75) is 0 Å². The van der Waals surface area contributed by atoms with Crippen LogP contribution in [0.15, 0.2) is 67.5 Å². The predicted molar refractivity (Wildman–Crippen MR) is 136 cm³/mol. The van der Waals surface area contributed by atoms with Gasteiger partial charge >= 0.3 is 6.03 Å². The highest BCUT2D eigenvalue weighted by molar-refractivity contribution is 5.96. The minimum atomic E-state index is -0.232. The molecule has 36 heavy (non-hydrogen) atoms. The van der Waals surface area contributed by atoms with Crippen LogP contribution in [0.1, 0.15) is 0 Å². The zero-order valence-electron chi connectivity index (χ0n) is 19.4. The first-order valence-electron chi connectivity index (χ1n) is 11.1. The lowest BCUT2D eigenvalue weighted by Gasteiger charge is -2.12. The van der Waals surface area contributed by atoms with Gasteiger partial charge in [-0.15, -0.1) is 0 Å². The van der Waals surface area contributed by atoms with Crippen molar-refractivity contribution in [3.8, 4) is 33.9 Å². The molecule has 0 saturated carbocycles. The molecule has 11 heteroatoms. The van der Waals surface area contributed by atoms with Gasteiger partial charge in [0.2, 0.25) is 0 Å². The van der Waals surface area contributed by atoms with Gasteiger partial charge < -0.3 is 15.2 Å². The van der Waals surface area contributed by atoms with Crippen LogP contribution in [0.25, 0.3) is 56.0 Å². The number of rotatable bonds is 4. The quantitative estimate of drug-likeness (QED) is 0.348. The average Bonchev–Trinajstić information content (AvgIpc) is 3.53. The second-order valence-electron chi connectivity index (χ2n) is 8.36. The monoisotopic (exact) mass is 476 g/mol. The number of imidazole rings is 1. The highest BCUT2D eigenvalue weighted by Crippen LogP contribution is 2.31. The Labute approximate surface area is 204 Å². The number of urea groups is 1. The van der Waals surface area contributed by atoms with Gasteiger partial charge in [0.25, 0.3) is 0 Å². The molecule has 0 radical (unpaired) electrons. The molecule has 0 unspecified atom stereocenters. The van der Waals surface area contributed by atoms with Gasteiger partial charge in [-0.2, -0.15) is 5.10 Å². The molecule has 2 amide bonds. The van der Waals surface area contributed by atoms with Crippen LogP contribution < -0.4 is 5.32 Å². The van der Waals surface area contributed by atoms with Crippen LogP contribution in [0.5, 0.6) is 0 Å². The molecule has 0 aliphatic carbocycles. The Bertz CT molecular complexity index is 1720. The van der Waals surface area contributed by atoms with E-state index in [9.17, 15) is 4.79 Å². The Morgan fingerprint density at radius 3 is 2.67 bits per heavy atom. The molecule has 0 spiro atoms. The summed E-state index contributed by atoms with van der Waals surface area (Å²) in [6.45, 7) is 0. The molecule has 6 aromatic heterocycles. The lowest BCUT2D eigenvalue weighted by atomic mass is 10.1. The molecule has 3 N–H and O–H groups in total. The van der Waals surface area contributed by atoms with Gasteiger partial charge in [0.1, 0.15) is 11.2 Å². The molecule has 0 aromatic carbocycles. The van der Waals surface area contributed by atoms with E-state index in [1.54, 1.807) is 51.3 Å². The molecule has 0 fully saturated rings. The normalized spacial score (nSPS) is 11.2. The van der Waals surface area contributed by atoms with Crippen molar-refractivity contribution in [1.29, 1.82) is 0 Å². The summed E-state index contributed by atoms with van der Waals surface area (Å²) in [6.07, 6.45) is 10.3. The van der Waals surface area contributed by atoms with Crippen molar-refractivity contribution < 1.29 is 4.79 Å². The second kappa shape index (κ2) is 8.55. The number of amides is 2. The topological polar surface area (TPSA) is 141 Å². The minimum Gasteiger partial charge on any atom is -0.335 e. The van der Waals surface area contributed by atoms with E-state index in [0.29, 0.717) is 22.9 Å². The summed E-state index contributed by atoms with van der Waals surface area (Å²) in [4.78, 5) is 39.3. The van der Waals surface area contributed by atoms with E-state index in [2.05, 4.69) is 40.4 Å². The Morgan fingerprint density at radius 1 is 0.972 bits per heavy atom. The van der Waals surface area contributed by atoms with E-state index in [1.165, 1.54) is 4.90 Å². The fraction of sp³-hybridized carbons (Fsp3) is 0.0800. The number of aromatic nitrogens is 8. The highest BCUT2D eigenvalue weighted by atomic mass is 16.2. The van der Waals surface area contributed by atoms with Crippen LogP contribution in [-0.2, 0) is 0 Å². The number of aromatic amines is 2. The molecule has 0 aliphatic rings. The number of hydrogen-bond acceptors (Lipinski definition) is 7. The third-order valence-corrected chi connectivity index (χ3v) is 5.70. The predicted octanol–water partition coefficient (Wildman–Crippen LogP) is 4.11. The summed E-state index contributed by atoms with van der Waals surface area (Å²) < 4.78 is 0. The van der Waals surface area contributed by atoms with E-state index >= 15 is 0 Å². The van der Waals surface area contributed by atoms with Gasteiger partial charge in [-0.3, -0.25) is 20.1 Å². The Hall–Kier alpha value is -5.19. The molecule has 6 heterocycles. The maximum absolute atomic E-state index is 12.0. The van der Waals surface area contributed by atoms with Gasteiger partial charge in [0.05, 0.1) is 34.7 Å². The summed E-state index contributed by atoms with van der Waals surface area (Å²) in [5, 5.41) is 11.1. The van der Waals surface area contributed by atoms with Crippen LogP contribution in [-0.4, -0.2) is 65.1 Å². The zero-order valence-corrected chi connectivity index (χ0v) is 19.4. The average molecular weight is 477 g/mol.